The summed E-state index contributed by atoms with van der Waals surface area (Å²) >= 11 is 1.71. The molecule has 0 spiro atoms. The first-order valence-corrected chi connectivity index (χ1v) is 7.39. The van der Waals surface area contributed by atoms with Gasteiger partial charge in [0.25, 0.3) is 0 Å². The van der Waals surface area contributed by atoms with Gasteiger partial charge in [-0.2, -0.15) is 0 Å². The van der Waals surface area contributed by atoms with Crippen LogP contribution < -0.4 is 5.73 Å². The standard InChI is InChI=1S/C15H18N2O2S/c1-10(8-18)9-20-14-7-6-13(15(16)17-19)11-4-2-3-5-12(11)14/h2-7,10,18-19H,8-9H2,1H3,(H2,16,17). The van der Waals surface area contributed by atoms with Crippen LogP contribution in [0.3, 0.4) is 0 Å². The number of rotatable bonds is 5. The SMILES string of the molecule is CC(CO)CSc1ccc(/C(N)=N/O)c2ccccc12. The largest absolute Gasteiger partial charge is 0.409 e. The predicted octanol–water partition coefficient (Wildman–Crippen LogP) is 2.65. The molecule has 0 aliphatic carbocycles. The van der Waals surface area contributed by atoms with Gasteiger partial charge in [-0.3, -0.25) is 0 Å². The van der Waals surface area contributed by atoms with Gasteiger partial charge in [0.1, 0.15) is 0 Å². The first kappa shape index (κ1) is 14.7. The Hall–Kier alpha value is -1.72. The van der Waals surface area contributed by atoms with E-state index >= 15 is 0 Å². The number of nitrogens with two attached hydrogens (primary N) is 1. The molecule has 0 saturated carbocycles. The van der Waals surface area contributed by atoms with Crippen LogP contribution in [0.1, 0.15) is 12.5 Å². The predicted molar refractivity (Wildman–Crippen MR) is 83.4 cm³/mol. The molecule has 0 aromatic heterocycles. The first-order chi connectivity index (χ1) is 9.67. The first-order valence-electron chi connectivity index (χ1n) is 6.40. The molecule has 0 radical (unpaired) electrons. The number of benzene rings is 2. The van der Waals surface area contributed by atoms with Gasteiger partial charge in [0.05, 0.1) is 0 Å². The van der Waals surface area contributed by atoms with Gasteiger partial charge in [0, 0.05) is 22.8 Å². The molecule has 0 heterocycles. The van der Waals surface area contributed by atoms with Crippen molar-refractivity contribution in [3.63, 3.8) is 0 Å². The number of amidine groups is 1. The minimum absolute atomic E-state index is 0.112. The third-order valence-electron chi connectivity index (χ3n) is 3.10. The van der Waals surface area contributed by atoms with E-state index < -0.39 is 0 Å². The highest BCUT2D eigenvalue weighted by Gasteiger charge is 2.10. The second kappa shape index (κ2) is 6.63. The van der Waals surface area contributed by atoms with Crippen LogP contribution in [0.15, 0.2) is 46.4 Å². The summed E-state index contributed by atoms with van der Waals surface area (Å²) in [6.45, 7) is 2.20. The number of hydrogen-bond donors (Lipinski definition) is 3. The van der Waals surface area contributed by atoms with Gasteiger partial charge in [-0.1, -0.05) is 36.3 Å². The molecule has 1 unspecified atom stereocenters. The van der Waals surface area contributed by atoms with Crippen LogP contribution >= 0.6 is 11.8 Å². The summed E-state index contributed by atoms with van der Waals surface area (Å²) in [5.41, 5.74) is 6.44. The van der Waals surface area contributed by atoms with Gasteiger partial charge in [-0.15, -0.1) is 11.8 Å². The van der Waals surface area contributed by atoms with Crippen LogP contribution in [0.5, 0.6) is 0 Å². The lowest BCUT2D eigenvalue weighted by Gasteiger charge is -2.12. The number of fused-ring (bicyclic) bond motifs is 1. The molecule has 1 atom stereocenters. The van der Waals surface area contributed by atoms with Crippen molar-refractivity contribution in [1.82, 2.24) is 0 Å². The molecule has 0 fully saturated rings. The smallest absolute Gasteiger partial charge is 0.170 e. The van der Waals surface area contributed by atoms with Gasteiger partial charge in [-0.05, 0) is 28.8 Å². The minimum atomic E-state index is 0.112. The van der Waals surface area contributed by atoms with Gasteiger partial charge in [0.2, 0.25) is 0 Å². The van der Waals surface area contributed by atoms with E-state index in [-0.39, 0.29) is 18.4 Å². The van der Waals surface area contributed by atoms with Crippen molar-refractivity contribution in [2.24, 2.45) is 16.8 Å². The summed E-state index contributed by atoms with van der Waals surface area (Å²) in [7, 11) is 0. The summed E-state index contributed by atoms with van der Waals surface area (Å²) in [6.07, 6.45) is 0. The quantitative estimate of drug-likeness (QED) is 0.260. The Balaban J connectivity index is 2.43. The number of aliphatic hydroxyl groups excluding tert-OH is 1. The molecule has 106 valence electrons. The molecule has 0 saturated heterocycles. The normalized spacial score (nSPS) is 13.6. The van der Waals surface area contributed by atoms with E-state index in [1.807, 2.05) is 43.3 Å². The van der Waals surface area contributed by atoms with E-state index in [1.165, 1.54) is 0 Å². The molecule has 4 nitrogen and oxygen atoms in total. The Labute approximate surface area is 122 Å². The van der Waals surface area contributed by atoms with Crippen molar-refractivity contribution < 1.29 is 10.3 Å². The third kappa shape index (κ3) is 3.05. The van der Waals surface area contributed by atoms with Gasteiger partial charge < -0.3 is 16.0 Å². The van der Waals surface area contributed by atoms with E-state index in [9.17, 15) is 0 Å². The molecule has 2 aromatic rings. The molecule has 2 rings (SSSR count). The maximum Gasteiger partial charge on any atom is 0.170 e. The lowest BCUT2D eigenvalue weighted by atomic mass is 10.0. The van der Waals surface area contributed by atoms with Crippen LogP contribution in [-0.4, -0.2) is 28.5 Å². The minimum Gasteiger partial charge on any atom is -0.409 e. The average molecular weight is 290 g/mol. The van der Waals surface area contributed by atoms with Crippen LogP contribution in [-0.2, 0) is 0 Å². The third-order valence-corrected chi connectivity index (χ3v) is 4.51. The average Bonchev–Trinajstić information content (AvgIpc) is 2.51. The lowest BCUT2D eigenvalue weighted by molar-refractivity contribution is 0.250. The summed E-state index contributed by atoms with van der Waals surface area (Å²) in [5, 5.41) is 23.1. The van der Waals surface area contributed by atoms with Crippen molar-refractivity contribution in [2.45, 2.75) is 11.8 Å². The van der Waals surface area contributed by atoms with Crippen LogP contribution in [0.25, 0.3) is 10.8 Å². The van der Waals surface area contributed by atoms with E-state index in [1.54, 1.807) is 11.8 Å². The van der Waals surface area contributed by atoms with Gasteiger partial charge >= 0.3 is 0 Å². The topological polar surface area (TPSA) is 78.8 Å². The second-order valence-corrected chi connectivity index (χ2v) is 5.80. The number of aliphatic hydroxyl groups is 1. The molecule has 20 heavy (non-hydrogen) atoms. The Morgan fingerprint density at radius 2 is 1.95 bits per heavy atom. The highest BCUT2D eigenvalue weighted by molar-refractivity contribution is 7.99. The number of thioether (sulfide) groups is 1. The number of nitrogens with zero attached hydrogens (tertiary/aromatic N) is 1. The van der Waals surface area contributed by atoms with Crippen molar-refractivity contribution in [1.29, 1.82) is 0 Å². The fourth-order valence-electron chi connectivity index (χ4n) is 1.96. The monoisotopic (exact) mass is 290 g/mol. The Bertz CT molecular complexity index is 628. The highest BCUT2D eigenvalue weighted by Crippen LogP contribution is 2.31. The van der Waals surface area contributed by atoms with E-state index in [2.05, 4.69) is 5.16 Å². The Morgan fingerprint density at radius 1 is 1.25 bits per heavy atom. The van der Waals surface area contributed by atoms with E-state index in [4.69, 9.17) is 16.0 Å². The molecular formula is C15H18N2O2S. The molecule has 5 heteroatoms. The number of hydrogen-bond acceptors (Lipinski definition) is 4. The molecule has 2 aromatic carbocycles. The lowest BCUT2D eigenvalue weighted by Crippen LogP contribution is -2.13. The Morgan fingerprint density at radius 3 is 2.60 bits per heavy atom. The maximum atomic E-state index is 9.10. The number of oxime groups is 1. The highest BCUT2D eigenvalue weighted by atomic mass is 32.2. The molecular weight excluding hydrogens is 272 g/mol. The van der Waals surface area contributed by atoms with Gasteiger partial charge in [-0.25, -0.2) is 0 Å². The fourth-order valence-corrected chi connectivity index (χ4v) is 3.03. The Kier molecular flexibility index (Phi) is 4.87. The van der Waals surface area contributed by atoms with Crippen molar-refractivity contribution >= 4 is 28.4 Å². The summed E-state index contributed by atoms with van der Waals surface area (Å²) in [5.74, 6) is 1.22. The summed E-state index contributed by atoms with van der Waals surface area (Å²) < 4.78 is 0. The van der Waals surface area contributed by atoms with E-state index in [0.717, 1.165) is 27.0 Å². The van der Waals surface area contributed by atoms with Crippen molar-refractivity contribution in [3.8, 4) is 0 Å². The second-order valence-electron chi connectivity index (χ2n) is 4.74. The fraction of sp³-hybridized carbons (Fsp3) is 0.267. The summed E-state index contributed by atoms with van der Waals surface area (Å²) in [4.78, 5) is 1.13. The van der Waals surface area contributed by atoms with Crippen LogP contribution in [0.4, 0.5) is 0 Å². The molecule has 0 aliphatic heterocycles. The van der Waals surface area contributed by atoms with E-state index in [0.29, 0.717) is 0 Å². The van der Waals surface area contributed by atoms with Crippen molar-refractivity contribution in [3.05, 3.63) is 42.0 Å². The zero-order valence-electron chi connectivity index (χ0n) is 11.3. The van der Waals surface area contributed by atoms with Crippen molar-refractivity contribution in [2.75, 3.05) is 12.4 Å². The molecule has 0 amide bonds. The summed E-state index contributed by atoms with van der Waals surface area (Å²) in [6, 6.07) is 11.7. The van der Waals surface area contributed by atoms with Gasteiger partial charge in [0.15, 0.2) is 5.84 Å². The molecule has 0 bridgehead atoms. The zero-order chi connectivity index (χ0) is 14.5. The zero-order valence-corrected chi connectivity index (χ0v) is 12.1. The van der Waals surface area contributed by atoms with Crippen LogP contribution in [0, 0.1) is 5.92 Å². The molecule has 4 N–H and O–H groups in total. The van der Waals surface area contributed by atoms with Crippen LogP contribution in [0.2, 0.25) is 0 Å². The maximum absolute atomic E-state index is 9.10. The molecule has 0 aliphatic rings.